The lowest BCUT2D eigenvalue weighted by molar-refractivity contribution is 0.0989. The van der Waals surface area contributed by atoms with Gasteiger partial charge in [0.15, 0.2) is 0 Å². The highest BCUT2D eigenvalue weighted by Crippen LogP contribution is 2.30. The van der Waals surface area contributed by atoms with E-state index in [0.717, 1.165) is 39.9 Å². The molecule has 3 aromatic rings. The third-order valence-electron chi connectivity index (χ3n) is 5.67. The van der Waals surface area contributed by atoms with E-state index in [2.05, 4.69) is 4.72 Å². The van der Waals surface area contributed by atoms with Crippen LogP contribution in [0, 0.1) is 20.8 Å². The normalized spacial score (nSPS) is 13.3. The van der Waals surface area contributed by atoms with E-state index in [-0.39, 0.29) is 12.5 Å². The Bertz CT molecular complexity index is 1250. The number of benzene rings is 3. The van der Waals surface area contributed by atoms with Gasteiger partial charge in [0.05, 0.1) is 4.90 Å². The fraction of sp³-hybridized carbons (Fsp3) is 0.240. The van der Waals surface area contributed by atoms with Crippen molar-refractivity contribution in [1.29, 1.82) is 0 Å². The molecular weight excluding hydrogens is 408 g/mol. The lowest BCUT2D eigenvalue weighted by Gasteiger charge is -2.18. The predicted octanol–water partition coefficient (Wildman–Crippen LogP) is 4.29. The Morgan fingerprint density at radius 3 is 2.35 bits per heavy atom. The van der Waals surface area contributed by atoms with Crippen LogP contribution in [0.1, 0.15) is 38.2 Å². The van der Waals surface area contributed by atoms with Crippen LogP contribution in [0.3, 0.4) is 0 Å². The Kier molecular flexibility index (Phi) is 5.69. The van der Waals surface area contributed by atoms with Crippen molar-refractivity contribution in [2.24, 2.45) is 0 Å². The number of carbonyl (C=O) groups is 1. The molecule has 0 aromatic heterocycles. The van der Waals surface area contributed by atoms with Crippen LogP contribution in [-0.4, -0.2) is 20.9 Å². The summed E-state index contributed by atoms with van der Waals surface area (Å²) < 4.78 is 28.2. The Labute approximate surface area is 183 Å². The first-order valence-corrected chi connectivity index (χ1v) is 11.8. The van der Waals surface area contributed by atoms with Crippen LogP contribution in [-0.2, 0) is 23.0 Å². The smallest absolute Gasteiger partial charge is 0.258 e. The van der Waals surface area contributed by atoms with E-state index in [1.165, 1.54) is 0 Å². The summed E-state index contributed by atoms with van der Waals surface area (Å²) in [6, 6.07) is 18.7. The Hall–Kier alpha value is -2.96. The van der Waals surface area contributed by atoms with Crippen LogP contribution in [0.25, 0.3) is 0 Å². The minimum atomic E-state index is -3.60. The molecule has 4 rings (SSSR count). The molecule has 1 aliphatic rings. The van der Waals surface area contributed by atoms with Gasteiger partial charge in [0.2, 0.25) is 10.0 Å². The molecular formula is C25H26N2O3S. The third-order valence-corrected chi connectivity index (χ3v) is 7.23. The van der Waals surface area contributed by atoms with E-state index in [1.54, 1.807) is 24.0 Å². The van der Waals surface area contributed by atoms with Gasteiger partial charge in [-0.2, -0.15) is 0 Å². The molecule has 0 saturated heterocycles. The first-order valence-electron chi connectivity index (χ1n) is 10.3. The average molecular weight is 435 g/mol. The number of rotatable bonds is 5. The van der Waals surface area contributed by atoms with Gasteiger partial charge < -0.3 is 4.90 Å². The SMILES string of the molecule is Cc1ccc(C(=O)N2CCc3cc(CNS(=O)(=O)c4ccc(C)cc4C)ccc32)cc1. The van der Waals surface area contributed by atoms with Crippen molar-refractivity contribution in [2.45, 2.75) is 38.6 Å². The van der Waals surface area contributed by atoms with Crippen molar-refractivity contribution in [2.75, 3.05) is 11.4 Å². The Balaban J connectivity index is 1.49. The summed E-state index contributed by atoms with van der Waals surface area (Å²) in [6.07, 6.45) is 0.755. The van der Waals surface area contributed by atoms with Gasteiger partial charge in [-0.05, 0) is 68.1 Å². The van der Waals surface area contributed by atoms with E-state index in [0.29, 0.717) is 17.0 Å². The average Bonchev–Trinajstić information content (AvgIpc) is 3.15. The van der Waals surface area contributed by atoms with Crippen molar-refractivity contribution >= 4 is 21.6 Å². The second kappa shape index (κ2) is 8.29. The minimum absolute atomic E-state index is 0.0120. The van der Waals surface area contributed by atoms with E-state index >= 15 is 0 Å². The highest BCUT2D eigenvalue weighted by Gasteiger charge is 2.26. The summed E-state index contributed by atoms with van der Waals surface area (Å²) in [7, 11) is -3.60. The van der Waals surface area contributed by atoms with Crippen LogP contribution in [0.5, 0.6) is 0 Å². The zero-order valence-corrected chi connectivity index (χ0v) is 18.8. The number of anilines is 1. The fourth-order valence-corrected chi connectivity index (χ4v) is 5.23. The van der Waals surface area contributed by atoms with Crippen molar-refractivity contribution in [3.8, 4) is 0 Å². The highest BCUT2D eigenvalue weighted by molar-refractivity contribution is 7.89. The van der Waals surface area contributed by atoms with Crippen molar-refractivity contribution < 1.29 is 13.2 Å². The number of sulfonamides is 1. The Morgan fingerprint density at radius 2 is 1.65 bits per heavy atom. The van der Waals surface area contributed by atoms with E-state index in [4.69, 9.17) is 0 Å². The van der Waals surface area contributed by atoms with Crippen molar-refractivity contribution in [3.05, 3.63) is 94.0 Å². The van der Waals surface area contributed by atoms with Crippen LogP contribution >= 0.6 is 0 Å². The second-order valence-electron chi connectivity index (χ2n) is 8.13. The van der Waals surface area contributed by atoms with Gasteiger partial charge in [0, 0.05) is 24.3 Å². The molecule has 1 amide bonds. The van der Waals surface area contributed by atoms with E-state index in [1.807, 2.05) is 62.4 Å². The van der Waals surface area contributed by atoms with Crippen LogP contribution < -0.4 is 9.62 Å². The van der Waals surface area contributed by atoms with Crippen LogP contribution in [0.4, 0.5) is 5.69 Å². The number of nitrogens with zero attached hydrogens (tertiary/aromatic N) is 1. The molecule has 0 unspecified atom stereocenters. The molecule has 5 nitrogen and oxygen atoms in total. The van der Waals surface area contributed by atoms with Gasteiger partial charge >= 0.3 is 0 Å². The molecule has 0 saturated carbocycles. The molecule has 31 heavy (non-hydrogen) atoms. The molecule has 160 valence electrons. The summed E-state index contributed by atoms with van der Waals surface area (Å²) in [5, 5.41) is 0. The lowest BCUT2D eigenvalue weighted by Crippen LogP contribution is -2.28. The highest BCUT2D eigenvalue weighted by atomic mass is 32.2. The molecule has 0 radical (unpaired) electrons. The quantitative estimate of drug-likeness (QED) is 0.651. The number of aryl methyl sites for hydroxylation is 3. The number of hydrogen-bond donors (Lipinski definition) is 1. The van der Waals surface area contributed by atoms with Crippen molar-refractivity contribution in [1.82, 2.24) is 4.72 Å². The molecule has 0 spiro atoms. The number of nitrogens with one attached hydrogen (secondary N) is 1. The number of amides is 1. The second-order valence-corrected chi connectivity index (χ2v) is 9.86. The molecule has 3 aromatic carbocycles. The fourth-order valence-electron chi connectivity index (χ4n) is 3.98. The molecule has 0 aliphatic carbocycles. The zero-order chi connectivity index (χ0) is 22.2. The zero-order valence-electron chi connectivity index (χ0n) is 18.0. The standard InChI is InChI=1S/C25H26N2O3S/c1-17-4-8-21(9-5-17)25(28)27-13-12-22-15-20(7-10-23(22)27)16-26-31(29,30)24-11-6-18(2)14-19(24)3/h4-11,14-15,26H,12-13,16H2,1-3H3. The Morgan fingerprint density at radius 1 is 0.935 bits per heavy atom. The van der Waals surface area contributed by atoms with Gasteiger partial charge in [-0.15, -0.1) is 0 Å². The maximum absolute atomic E-state index is 12.9. The summed E-state index contributed by atoms with van der Waals surface area (Å²) in [5.74, 6) is -0.0120. The summed E-state index contributed by atoms with van der Waals surface area (Å²) in [6.45, 7) is 6.56. The van der Waals surface area contributed by atoms with Crippen LogP contribution in [0.15, 0.2) is 65.6 Å². The monoisotopic (exact) mass is 434 g/mol. The number of hydrogen-bond acceptors (Lipinski definition) is 3. The van der Waals surface area contributed by atoms with Gasteiger partial charge in [-0.1, -0.05) is 47.5 Å². The van der Waals surface area contributed by atoms with Gasteiger partial charge in [-0.3, -0.25) is 4.79 Å². The van der Waals surface area contributed by atoms with E-state index < -0.39 is 10.0 Å². The van der Waals surface area contributed by atoms with E-state index in [9.17, 15) is 13.2 Å². The summed E-state index contributed by atoms with van der Waals surface area (Å²) in [4.78, 5) is 15.0. The maximum atomic E-state index is 12.9. The lowest BCUT2D eigenvalue weighted by atomic mass is 10.1. The van der Waals surface area contributed by atoms with Crippen LogP contribution in [0.2, 0.25) is 0 Å². The molecule has 6 heteroatoms. The van der Waals surface area contributed by atoms with Gasteiger partial charge in [-0.25, -0.2) is 13.1 Å². The minimum Gasteiger partial charge on any atom is -0.308 e. The molecule has 0 bridgehead atoms. The molecule has 0 fully saturated rings. The summed E-state index contributed by atoms with van der Waals surface area (Å²) >= 11 is 0. The third kappa shape index (κ3) is 4.40. The first-order chi connectivity index (χ1) is 14.7. The summed E-state index contributed by atoms with van der Waals surface area (Å²) in [5.41, 5.74) is 6.37. The number of carbonyl (C=O) groups excluding carboxylic acids is 1. The van der Waals surface area contributed by atoms with Gasteiger partial charge in [0.1, 0.15) is 0 Å². The maximum Gasteiger partial charge on any atom is 0.258 e. The van der Waals surface area contributed by atoms with Crippen molar-refractivity contribution in [3.63, 3.8) is 0 Å². The molecule has 0 atom stereocenters. The first kappa shape index (κ1) is 21.3. The molecule has 1 aliphatic heterocycles. The number of fused-ring (bicyclic) bond motifs is 1. The van der Waals surface area contributed by atoms with Gasteiger partial charge in [0.25, 0.3) is 5.91 Å². The predicted molar refractivity (Wildman–Crippen MR) is 123 cm³/mol. The topological polar surface area (TPSA) is 66.5 Å². The molecule has 1 N–H and O–H groups in total. The largest absolute Gasteiger partial charge is 0.308 e. The molecule has 1 heterocycles.